The van der Waals surface area contributed by atoms with Crippen LogP contribution >= 0.6 is 11.6 Å². The van der Waals surface area contributed by atoms with Gasteiger partial charge in [-0.2, -0.15) is 0 Å². The summed E-state index contributed by atoms with van der Waals surface area (Å²) in [6.45, 7) is 2.32. The van der Waals surface area contributed by atoms with E-state index in [2.05, 4.69) is 25.9 Å². The Bertz CT molecular complexity index is 576. The van der Waals surface area contributed by atoms with Crippen LogP contribution in [0.15, 0.2) is 18.2 Å². The van der Waals surface area contributed by atoms with Crippen LogP contribution in [-0.4, -0.2) is 37.3 Å². The first-order valence-electron chi connectivity index (χ1n) is 8.02. The molecule has 3 rings (SSSR count). The molecule has 0 amide bonds. The van der Waals surface area contributed by atoms with Gasteiger partial charge in [0.2, 0.25) is 0 Å². The minimum atomic E-state index is -0.879. The van der Waals surface area contributed by atoms with E-state index in [1.54, 1.807) is 13.2 Å². The van der Waals surface area contributed by atoms with Gasteiger partial charge in [-0.1, -0.05) is 18.5 Å². The fraction of sp³-hybridized carbons (Fsp3) is 0.667. The number of likely N-dealkylation sites (N-methyl/N-ethyl adjacent to an activating group) is 1. The van der Waals surface area contributed by atoms with E-state index in [-0.39, 0.29) is 11.5 Å². The van der Waals surface area contributed by atoms with E-state index < -0.39 is 5.60 Å². The molecule has 2 aliphatic rings. The van der Waals surface area contributed by atoms with Crippen LogP contribution in [0.3, 0.4) is 0 Å². The van der Waals surface area contributed by atoms with Gasteiger partial charge in [-0.25, -0.2) is 0 Å². The third-order valence-corrected chi connectivity index (χ3v) is 5.93. The molecule has 4 atom stereocenters. The van der Waals surface area contributed by atoms with Crippen molar-refractivity contribution in [1.29, 1.82) is 0 Å². The molecule has 122 valence electrons. The Kier molecular flexibility index (Phi) is 3.95. The van der Waals surface area contributed by atoms with Gasteiger partial charge >= 0.3 is 0 Å². The van der Waals surface area contributed by atoms with Gasteiger partial charge in [0.15, 0.2) is 0 Å². The zero-order valence-corrected chi connectivity index (χ0v) is 14.7. The Hall–Kier alpha value is -0.770. The van der Waals surface area contributed by atoms with Crippen LogP contribution in [0.2, 0.25) is 5.02 Å². The summed E-state index contributed by atoms with van der Waals surface area (Å²) in [5.41, 5.74) is 0.153. The van der Waals surface area contributed by atoms with E-state index >= 15 is 0 Å². The minimum absolute atomic E-state index is 0.0851. The second-order valence-corrected chi connectivity index (χ2v) is 8.07. The number of fused-ring (bicyclic) bond motifs is 2. The predicted octanol–water partition coefficient (Wildman–Crippen LogP) is 3.68. The third kappa shape index (κ3) is 2.44. The minimum Gasteiger partial charge on any atom is -0.497 e. The zero-order valence-electron chi connectivity index (χ0n) is 13.9. The lowest BCUT2D eigenvalue weighted by molar-refractivity contribution is -0.121. The second-order valence-electron chi connectivity index (χ2n) is 7.64. The van der Waals surface area contributed by atoms with E-state index in [9.17, 15) is 5.11 Å². The zero-order chi connectivity index (χ0) is 16.1. The molecule has 4 heteroatoms. The summed E-state index contributed by atoms with van der Waals surface area (Å²) in [5, 5.41) is 12.3. The highest BCUT2D eigenvalue weighted by molar-refractivity contribution is 6.30. The largest absolute Gasteiger partial charge is 0.497 e. The number of nitrogens with zero attached hydrogens (tertiary/aromatic N) is 1. The first-order valence-corrected chi connectivity index (χ1v) is 8.40. The number of hydrogen-bond acceptors (Lipinski definition) is 3. The quantitative estimate of drug-likeness (QED) is 0.921. The topological polar surface area (TPSA) is 32.7 Å². The van der Waals surface area contributed by atoms with Crippen LogP contribution in [0.4, 0.5) is 0 Å². The number of hydrogen-bond donors (Lipinski definition) is 1. The highest BCUT2D eigenvalue weighted by atomic mass is 35.5. The standard InChI is InChI=1S/C18H26ClNO2/c1-17-6-5-12(10-17)11-18(21,16(17)20(2)3)13-7-14(19)9-15(8-13)22-4/h7-9,12,16,21H,5-6,10-11H2,1-4H3. The lowest BCUT2D eigenvalue weighted by Crippen LogP contribution is -2.58. The Morgan fingerprint density at radius 3 is 2.64 bits per heavy atom. The molecular formula is C18H26ClNO2. The second kappa shape index (κ2) is 5.40. The van der Waals surface area contributed by atoms with Crippen molar-refractivity contribution in [3.05, 3.63) is 28.8 Å². The van der Waals surface area contributed by atoms with Crippen LogP contribution in [-0.2, 0) is 5.60 Å². The normalized spacial score (nSPS) is 37.6. The summed E-state index contributed by atoms with van der Waals surface area (Å²) in [6.07, 6.45) is 4.40. The molecule has 2 fully saturated rings. The van der Waals surface area contributed by atoms with Crippen molar-refractivity contribution in [3.63, 3.8) is 0 Å². The summed E-state index contributed by atoms with van der Waals surface area (Å²) in [7, 11) is 5.78. The molecule has 22 heavy (non-hydrogen) atoms. The molecule has 1 aromatic carbocycles. The Balaban J connectivity index is 2.11. The smallest absolute Gasteiger partial charge is 0.120 e. The van der Waals surface area contributed by atoms with Gasteiger partial charge in [0.05, 0.1) is 7.11 Å². The number of ether oxygens (including phenoxy) is 1. The van der Waals surface area contributed by atoms with Gasteiger partial charge in [-0.3, -0.25) is 0 Å². The highest BCUT2D eigenvalue weighted by Gasteiger charge is 2.58. The van der Waals surface area contributed by atoms with Crippen LogP contribution < -0.4 is 4.74 Å². The predicted molar refractivity (Wildman–Crippen MR) is 89.4 cm³/mol. The van der Waals surface area contributed by atoms with Crippen molar-refractivity contribution in [2.24, 2.45) is 11.3 Å². The number of rotatable bonds is 3. The summed E-state index contributed by atoms with van der Waals surface area (Å²) in [4.78, 5) is 2.19. The van der Waals surface area contributed by atoms with E-state index in [4.69, 9.17) is 16.3 Å². The van der Waals surface area contributed by atoms with Gasteiger partial charge in [0, 0.05) is 11.1 Å². The molecule has 2 saturated carbocycles. The Morgan fingerprint density at radius 2 is 2.00 bits per heavy atom. The summed E-state index contributed by atoms with van der Waals surface area (Å²) in [5.74, 6) is 1.30. The van der Waals surface area contributed by atoms with Gasteiger partial charge < -0.3 is 14.7 Å². The molecule has 0 saturated heterocycles. The van der Waals surface area contributed by atoms with Gasteiger partial charge in [0.25, 0.3) is 0 Å². The van der Waals surface area contributed by atoms with E-state index in [1.807, 2.05) is 12.1 Å². The van der Waals surface area contributed by atoms with Crippen molar-refractivity contribution in [1.82, 2.24) is 4.90 Å². The van der Waals surface area contributed by atoms with Crippen molar-refractivity contribution >= 4 is 11.6 Å². The fourth-order valence-corrected chi connectivity index (χ4v) is 5.43. The lowest BCUT2D eigenvalue weighted by atomic mass is 9.62. The van der Waals surface area contributed by atoms with Crippen LogP contribution in [0.5, 0.6) is 5.75 Å². The molecule has 0 radical (unpaired) electrons. The first-order chi connectivity index (χ1) is 10.3. The Morgan fingerprint density at radius 1 is 1.27 bits per heavy atom. The SMILES string of the molecule is COc1cc(Cl)cc(C2(O)CC3CCC(C)(C3)C2N(C)C)c1. The van der Waals surface area contributed by atoms with Crippen molar-refractivity contribution < 1.29 is 9.84 Å². The van der Waals surface area contributed by atoms with Gasteiger partial charge in [-0.05, 0) is 74.9 Å². The average Bonchev–Trinajstić information content (AvgIpc) is 2.73. The molecule has 2 bridgehead atoms. The summed E-state index contributed by atoms with van der Waals surface area (Å²) in [6, 6.07) is 5.71. The molecule has 0 aromatic heterocycles. The number of benzene rings is 1. The molecule has 0 spiro atoms. The average molecular weight is 324 g/mol. The Labute approximate surface area is 138 Å². The molecule has 3 nitrogen and oxygen atoms in total. The molecule has 0 heterocycles. The van der Waals surface area contributed by atoms with Crippen LogP contribution in [0.25, 0.3) is 0 Å². The number of halogens is 1. The van der Waals surface area contributed by atoms with E-state index in [0.717, 1.165) is 12.0 Å². The van der Waals surface area contributed by atoms with E-state index in [1.165, 1.54) is 19.3 Å². The monoisotopic (exact) mass is 323 g/mol. The molecular weight excluding hydrogens is 298 g/mol. The van der Waals surface area contributed by atoms with E-state index in [0.29, 0.717) is 16.7 Å². The molecule has 4 unspecified atom stereocenters. The van der Waals surface area contributed by atoms with Crippen LogP contribution in [0, 0.1) is 11.3 Å². The summed E-state index contributed by atoms with van der Waals surface area (Å²) >= 11 is 6.26. The maximum Gasteiger partial charge on any atom is 0.120 e. The molecule has 1 aromatic rings. The lowest BCUT2D eigenvalue weighted by Gasteiger charge is -2.52. The highest BCUT2D eigenvalue weighted by Crippen LogP contribution is 2.59. The molecule has 0 aliphatic heterocycles. The fourth-order valence-electron chi connectivity index (χ4n) is 5.20. The third-order valence-electron chi connectivity index (χ3n) is 5.71. The van der Waals surface area contributed by atoms with Crippen molar-refractivity contribution in [2.75, 3.05) is 21.2 Å². The van der Waals surface area contributed by atoms with Crippen molar-refractivity contribution in [2.45, 2.75) is 44.2 Å². The van der Waals surface area contributed by atoms with Gasteiger partial charge in [0.1, 0.15) is 11.4 Å². The maximum atomic E-state index is 11.7. The number of aliphatic hydroxyl groups is 1. The summed E-state index contributed by atoms with van der Waals surface area (Å²) < 4.78 is 5.35. The first kappa shape index (κ1) is 16.1. The van der Waals surface area contributed by atoms with Crippen LogP contribution in [0.1, 0.15) is 38.2 Å². The van der Waals surface area contributed by atoms with Gasteiger partial charge in [-0.15, -0.1) is 0 Å². The molecule has 2 aliphatic carbocycles. The van der Waals surface area contributed by atoms with Crippen molar-refractivity contribution in [3.8, 4) is 5.75 Å². The molecule has 1 N–H and O–H groups in total. The number of methoxy groups -OCH3 is 1. The maximum absolute atomic E-state index is 11.7.